The van der Waals surface area contributed by atoms with E-state index in [0.717, 1.165) is 11.1 Å². The maximum Gasteiger partial charge on any atom is 0.139 e. The number of benzene rings is 1. The van der Waals surface area contributed by atoms with Crippen molar-refractivity contribution in [2.45, 2.75) is 40.5 Å². The van der Waals surface area contributed by atoms with Crippen molar-refractivity contribution in [2.75, 3.05) is 0 Å². The van der Waals surface area contributed by atoms with Gasteiger partial charge in [-0.2, -0.15) is 0 Å². The van der Waals surface area contributed by atoms with Gasteiger partial charge < -0.3 is 0 Å². The van der Waals surface area contributed by atoms with Crippen LogP contribution >= 0.6 is 0 Å². The lowest BCUT2D eigenvalue weighted by atomic mass is 9.96. The first-order chi connectivity index (χ1) is 8.40. The van der Waals surface area contributed by atoms with E-state index in [4.69, 9.17) is 0 Å². The van der Waals surface area contributed by atoms with E-state index in [2.05, 4.69) is 0 Å². The van der Waals surface area contributed by atoms with E-state index in [0.29, 0.717) is 12.8 Å². The lowest BCUT2D eigenvalue weighted by Crippen LogP contribution is -2.12. The molecule has 0 bridgehead atoms. The normalized spacial score (nSPS) is 11.0. The van der Waals surface area contributed by atoms with Gasteiger partial charge in [0.15, 0.2) is 0 Å². The molecule has 18 heavy (non-hydrogen) atoms. The molecule has 1 aromatic rings. The Kier molecular flexibility index (Phi) is 5.26. The fourth-order valence-corrected chi connectivity index (χ4v) is 1.66. The summed E-state index contributed by atoms with van der Waals surface area (Å²) in [7, 11) is 0. The Morgan fingerprint density at radius 2 is 1.28 bits per heavy atom. The zero-order valence-corrected chi connectivity index (χ0v) is 11.7. The maximum atomic E-state index is 11.7. The van der Waals surface area contributed by atoms with E-state index in [1.54, 1.807) is 0 Å². The minimum absolute atomic E-state index is 0.0611. The van der Waals surface area contributed by atoms with Crippen molar-refractivity contribution < 1.29 is 9.59 Å². The van der Waals surface area contributed by atoms with Crippen molar-refractivity contribution >= 4 is 11.6 Å². The molecule has 0 fully saturated rings. The first-order valence-corrected chi connectivity index (χ1v) is 6.53. The number of ketones is 2. The van der Waals surface area contributed by atoms with Gasteiger partial charge in [0.05, 0.1) is 0 Å². The molecule has 0 amide bonds. The third kappa shape index (κ3) is 4.44. The second kappa shape index (κ2) is 6.48. The fraction of sp³-hybridized carbons (Fsp3) is 0.500. The number of carbonyl (C=O) groups excluding carboxylic acids is 2. The van der Waals surface area contributed by atoms with Crippen LogP contribution in [0, 0.1) is 11.8 Å². The molecule has 1 aromatic carbocycles. The van der Waals surface area contributed by atoms with Crippen LogP contribution in [0.5, 0.6) is 0 Å². The van der Waals surface area contributed by atoms with Gasteiger partial charge in [-0.3, -0.25) is 9.59 Å². The van der Waals surface area contributed by atoms with Gasteiger partial charge in [0, 0.05) is 24.7 Å². The molecule has 0 unspecified atom stereocenters. The molecule has 1 rings (SSSR count). The topological polar surface area (TPSA) is 34.1 Å². The average molecular weight is 246 g/mol. The highest BCUT2D eigenvalue weighted by Crippen LogP contribution is 2.11. The second-order valence-corrected chi connectivity index (χ2v) is 5.42. The summed E-state index contributed by atoms with van der Waals surface area (Å²) in [5, 5.41) is 0. The lowest BCUT2D eigenvalue weighted by Gasteiger charge is -2.07. The fourth-order valence-electron chi connectivity index (χ4n) is 1.66. The molecule has 0 atom stereocenters. The summed E-state index contributed by atoms with van der Waals surface area (Å²) in [5.41, 5.74) is 2.01. The third-order valence-corrected chi connectivity index (χ3v) is 3.04. The summed E-state index contributed by atoms with van der Waals surface area (Å²) >= 11 is 0. The molecule has 0 saturated heterocycles. The number of hydrogen-bond acceptors (Lipinski definition) is 2. The highest BCUT2D eigenvalue weighted by Gasteiger charge is 2.11. The van der Waals surface area contributed by atoms with Crippen LogP contribution in [0.15, 0.2) is 24.3 Å². The third-order valence-electron chi connectivity index (χ3n) is 3.04. The van der Waals surface area contributed by atoms with Gasteiger partial charge in [0.2, 0.25) is 0 Å². The van der Waals surface area contributed by atoms with E-state index in [9.17, 15) is 9.59 Å². The van der Waals surface area contributed by atoms with Crippen LogP contribution in [0.25, 0.3) is 0 Å². The van der Waals surface area contributed by atoms with Crippen LogP contribution in [0.1, 0.15) is 38.8 Å². The maximum absolute atomic E-state index is 11.7. The average Bonchev–Trinajstić information content (AvgIpc) is 2.29. The van der Waals surface area contributed by atoms with Gasteiger partial charge in [-0.15, -0.1) is 0 Å². The van der Waals surface area contributed by atoms with E-state index in [1.165, 1.54) is 0 Å². The van der Waals surface area contributed by atoms with Gasteiger partial charge in [0.1, 0.15) is 11.6 Å². The molecular weight excluding hydrogens is 224 g/mol. The van der Waals surface area contributed by atoms with Gasteiger partial charge in [-0.1, -0.05) is 52.0 Å². The van der Waals surface area contributed by atoms with Crippen LogP contribution in [-0.2, 0) is 22.4 Å². The van der Waals surface area contributed by atoms with Crippen LogP contribution in [0.3, 0.4) is 0 Å². The molecule has 0 aliphatic rings. The molecule has 0 N–H and O–H groups in total. The van der Waals surface area contributed by atoms with Crippen molar-refractivity contribution in [1.29, 1.82) is 0 Å². The van der Waals surface area contributed by atoms with Crippen molar-refractivity contribution in [1.82, 2.24) is 0 Å². The standard InChI is InChI=1S/C16H22O2/c1-11(2)15(17)9-13-6-5-7-14(8-13)10-16(18)12(3)4/h5-8,11-12H,9-10H2,1-4H3. The van der Waals surface area contributed by atoms with Crippen molar-refractivity contribution in [3.8, 4) is 0 Å². The molecule has 0 radical (unpaired) electrons. The monoisotopic (exact) mass is 246 g/mol. The van der Waals surface area contributed by atoms with Gasteiger partial charge >= 0.3 is 0 Å². The summed E-state index contributed by atoms with van der Waals surface area (Å²) in [6.45, 7) is 7.64. The lowest BCUT2D eigenvalue weighted by molar-refractivity contribution is -0.121. The molecular formula is C16H22O2. The summed E-state index contributed by atoms with van der Waals surface area (Å²) in [6.07, 6.45) is 0.919. The predicted octanol–water partition coefficient (Wildman–Crippen LogP) is 3.22. The van der Waals surface area contributed by atoms with Crippen LogP contribution in [0.4, 0.5) is 0 Å². The number of Topliss-reactive ketones (excluding diaryl/α,β-unsaturated/α-hetero) is 2. The van der Waals surface area contributed by atoms with E-state index in [-0.39, 0.29) is 23.4 Å². The highest BCUT2D eigenvalue weighted by atomic mass is 16.1. The first-order valence-electron chi connectivity index (χ1n) is 6.53. The number of hydrogen-bond donors (Lipinski definition) is 0. The Morgan fingerprint density at radius 1 is 0.889 bits per heavy atom. The Labute approximate surface area is 109 Å². The summed E-state index contributed by atoms with van der Waals surface area (Å²) in [5.74, 6) is 0.599. The smallest absolute Gasteiger partial charge is 0.139 e. The van der Waals surface area contributed by atoms with Crippen molar-refractivity contribution in [3.05, 3.63) is 35.4 Å². The van der Waals surface area contributed by atoms with Crippen molar-refractivity contribution in [2.24, 2.45) is 11.8 Å². The Balaban J connectivity index is 2.74. The quantitative estimate of drug-likeness (QED) is 0.772. The van der Waals surface area contributed by atoms with Gasteiger partial charge in [0.25, 0.3) is 0 Å². The van der Waals surface area contributed by atoms with Crippen LogP contribution in [0.2, 0.25) is 0 Å². The Hall–Kier alpha value is -1.44. The van der Waals surface area contributed by atoms with Crippen molar-refractivity contribution in [3.63, 3.8) is 0 Å². The minimum atomic E-state index is 0.0611. The molecule has 0 aliphatic carbocycles. The molecule has 2 nitrogen and oxygen atoms in total. The molecule has 0 aromatic heterocycles. The molecule has 98 valence electrons. The predicted molar refractivity (Wildman–Crippen MR) is 73.5 cm³/mol. The first kappa shape index (κ1) is 14.6. The van der Waals surface area contributed by atoms with Gasteiger partial charge in [-0.05, 0) is 11.1 Å². The van der Waals surface area contributed by atoms with E-state index >= 15 is 0 Å². The zero-order chi connectivity index (χ0) is 13.7. The summed E-state index contributed by atoms with van der Waals surface area (Å²) in [4.78, 5) is 23.4. The van der Waals surface area contributed by atoms with E-state index in [1.807, 2.05) is 52.0 Å². The summed E-state index contributed by atoms with van der Waals surface area (Å²) in [6, 6.07) is 7.79. The Morgan fingerprint density at radius 3 is 1.61 bits per heavy atom. The van der Waals surface area contributed by atoms with Crippen LogP contribution in [-0.4, -0.2) is 11.6 Å². The molecule has 2 heteroatoms. The largest absolute Gasteiger partial charge is 0.299 e. The molecule has 0 saturated carbocycles. The number of rotatable bonds is 6. The highest BCUT2D eigenvalue weighted by molar-refractivity contribution is 5.84. The molecule has 0 heterocycles. The number of carbonyl (C=O) groups is 2. The SMILES string of the molecule is CC(C)C(=O)Cc1cccc(CC(=O)C(C)C)c1. The van der Waals surface area contributed by atoms with Gasteiger partial charge in [-0.25, -0.2) is 0 Å². The van der Waals surface area contributed by atoms with Crippen LogP contribution < -0.4 is 0 Å². The molecule has 0 aliphatic heterocycles. The van der Waals surface area contributed by atoms with E-state index < -0.39 is 0 Å². The Bertz CT molecular complexity index is 393. The second-order valence-electron chi connectivity index (χ2n) is 5.42. The zero-order valence-electron chi connectivity index (χ0n) is 11.7. The molecule has 0 spiro atoms. The summed E-state index contributed by atoms with van der Waals surface area (Å²) < 4.78 is 0. The minimum Gasteiger partial charge on any atom is -0.299 e.